The van der Waals surface area contributed by atoms with Gasteiger partial charge in [0.25, 0.3) is 0 Å². The number of rotatable bonds is 3. The lowest BCUT2D eigenvalue weighted by Gasteiger charge is -2.33. The van der Waals surface area contributed by atoms with Gasteiger partial charge in [0.05, 0.1) is 29.3 Å². The van der Waals surface area contributed by atoms with Crippen LogP contribution < -0.4 is 10.2 Å². The van der Waals surface area contributed by atoms with Crippen molar-refractivity contribution in [1.82, 2.24) is 9.88 Å². The first-order valence-electron chi connectivity index (χ1n) is 10.8. The summed E-state index contributed by atoms with van der Waals surface area (Å²) in [6, 6.07) is 5.81. The molecule has 4 rings (SSSR count). The number of hydrogen-bond donors (Lipinski definition) is 1. The van der Waals surface area contributed by atoms with E-state index in [9.17, 15) is 9.59 Å². The van der Waals surface area contributed by atoms with Gasteiger partial charge in [0.15, 0.2) is 5.13 Å². The van der Waals surface area contributed by atoms with Crippen LogP contribution in [0.25, 0.3) is 10.2 Å². The van der Waals surface area contributed by atoms with E-state index < -0.39 is 5.60 Å². The second-order valence-electron chi connectivity index (χ2n) is 9.03. The van der Waals surface area contributed by atoms with Crippen LogP contribution in [0.4, 0.5) is 15.6 Å². The van der Waals surface area contributed by atoms with E-state index in [-0.39, 0.29) is 17.9 Å². The van der Waals surface area contributed by atoms with E-state index >= 15 is 0 Å². The van der Waals surface area contributed by atoms with Crippen molar-refractivity contribution in [2.45, 2.75) is 39.2 Å². The Labute approximate surface area is 186 Å². The number of anilines is 2. The molecule has 1 aromatic heterocycles. The number of likely N-dealkylation sites (tertiary alicyclic amines) is 1. The number of thiazole rings is 1. The molecular weight excluding hydrogens is 416 g/mol. The first kappa shape index (κ1) is 21.8. The van der Waals surface area contributed by atoms with Crippen LogP contribution in [0, 0.1) is 5.92 Å². The molecular formula is C22H30N4O4S. The van der Waals surface area contributed by atoms with Gasteiger partial charge in [0.1, 0.15) is 5.60 Å². The highest BCUT2D eigenvalue weighted by molar-refractivity contribution is 7.22. The number of aromatic nitrogens is 1. The van der Waals surface area contributed by atoms with Gasteiger partial charge in [-0.3, -0.25) is 4.79 Å². The number of fused-ring (bicyclic) bond motifs is 1. The zero-order valence-electron chi connectivity index (χ0n) is 18.3. The summed E-state index contributed by atoms with van der Waals surface area (Å²) in [4.78, 5) is 33.9. The summed E-state index contributed by atoms with van der Waals surface area (Å²) in [6.45, 7) is 9.67. The number of benzene rings is 1. The summed E-state index contributed by atoms with van der Waals surface area (Å²) in [5.74, 6) is -0.312. The number of hydrogen-bond acceptors (Lipinski definition) is 7. The summed E-state index contributed by atoms with van der Waals surface area (Å²) in [5.41, 5.74) is 1.14. The molecule has 0 bridgehead atoms. The quantitative estimate of drug-likeness (QED) is 0.774. The zero-order chi connectivity index (χ0) is 22.0. The van der Waals surface area contributed by atoms with Gasteiger partial charge >= 0.3 is 6.09 Å². The van der Waals surface area contributed by atoms with Gasteiger partial charge in [-0.2, -0.15) is 0 Å². The minimum atomic E-state index is -0.545. The van der Waals surface area contributed by atoms with Crippen molar-refractivity contribution in [2.24, 2.45) is 5.92 Å². The molecule has 0 radical (unpaired) electrons. The van der Waals surface area contributed by atoms with Crippen molar-refractivity contribution in [3.05, 3.63) is 18.2 Å². The Hall–Kier alpha value is -2.39. The van der Waals surface area contributed by atoms with Gasteiger partial charge in [0.2, 0.25) is 5.91 Å². The first-order chi connectivity index (χ1) is 14.8. The van der Waals surface area contributed by atoms with Crippen LogP contribution in [0.1, 0.15) is 33.6 Å². The molecule has 0 unspecified atom stereocenters. The summed E-state index contributed by atoms with van der Waals surface area (Å²) < 4.78 is 11.9. The van der Waals surface area contributed by atoms with Crippen molar-refractivity contribution in [1.29, 1.82) is 0 Å². The lowest BCUT2D eigenvalue weighted by Crippen LogP contribution is -2.45. The van der Waals surface area contributed by atoms with E-state index in [1.165, 1.54) is 0 Å². The molecule has 8 nitrogen and oxygen atoms in total. The summed E-state index contributed by atoms with van der Waals surface area (Å²) in [6.07, 6.45) is 1.19. The standard InChI is InChI=1S/C22H30N4O4S/c1-22(2,3)30-21(28)26-8-4-5-15(14-26)19(27)23-16-6-7-17-18(13-16)31-20(24-17)25-9-11-29-12-10-25/h6-7,13,15H,4-5,8-12,14H2,1-3H3,(H,23,27)/t15-/m0/s1. The van der Waals surface area contributed by atoms with Crippen molar-refractivity contribution < 1.29 is 19.1 Å². The molecule has 1 atom stereocenters. The lowest BCUT2D eigenvalue weighted by molar-refractivity contribution is -0.121. The van der Waals surface area contributed by atoms with E-state index in [1.54, 1.807) is 16.2 Å². The Morgan fingerprint density at radius 3 is 2.74 bits per heavy atom. The van der Waals surface area contributed by atoms with E-state index in [0.29, 0.717) is 13.1 Å². The molecule has 3 heterocycles. The predicted molar refractivity (Wildman–Crippen MR) is 122 cm³/mol. The summed E-state index contributed by atoms with van der Waals surface area (Å²) >= 11 is 1.63. The highest BCUT2D eigenvalue weighted by Gasteiger charge is 2.31. The van der Waals surface area contributed by atoms with E-state index in [1.807, 2.05) is 39.0 Å². The minimum absolute atomic E-state index is 0.0643. The highest BCUT2D eigenvalue weighted by Crippen LogP contribution is 2.31. The molecule has 168 valence electrons. The highest BCUT2D eigenvalue weighted by atomic mass is 32.1. The molecule has 1 N–H and O–H groups in total. The molecule has 2 amide bonds. The molecule has 2 fully saturated rings. The van der Waals surface area contributed by atoms with Crippen LogP contribution in [0.3, 0.4) is 0 Å². The molecule has 0 spiro atoms. The van der Waals surface area contributed by atoms with E-state index in [0.717, 1.165) is 60.2 Å². The van der Waals surface area contributed by atoms with Crippen LogP contribution in [-0.4, -0.2) is 66.9 Å². The molecule has 9 heteroatoms. The van der Waals surface area contributed by atoms with Crippen LogP contribution in [0.2, 0.25) is 0 Å². The maximum atomic E-state index is 12.9. The van der Waals surface area contributed by atoms with Gasteiger partial charge in [-0.05, 0) is 51.8 Å². The largest absolute Gasteiger partial charge is 0.444 e. The zero-order valence-corrected chi connectivity index (χ0v) is 19.2. The SMILES string of the molecule is CC(C)(C)OC(=O)N1CCC[C@H](C(=O)Nc2ccc3nc(N4CCOCC4)sc3c2)C1. The monoisotopic (exact) mass is 446 g/mol. The van der Waals surface area contributed by atoms with Crippen molar-refractivity contribution in [3.63, 3.8) is 0 Å². The lowest BCUT2D eigenvalue weighted by atomic mass is 9.97. The Kier molecular flexibility index (Phi) is 6.34. The normalized spacial score (nSPS) is 20.0. The summed E-state index contributed by atoms with van der Waals surface area (Å²) in [7, 11) is 0. The predicted octanol–water partition coefficient (Wildman–Crippen LogP) is 3.72. The number of nitrogens with zero attached hydrogens (tertiary/aromatic N) is 3. The van der Waals surface area contributed by atoms with Gasteiger partial charge in [0, 0.05) is 31.9 Å². The van der Waals surface area contributed by atoms with E-state index in [2.05, 4.69) is 10.2 Å². The fourth-order valence-corrected chi connectivity index (χ4v) is 4.86. The number of carbonyl (C=O) groups excluding carboxylic acids is 2. The number of amides is 2. The molecule has 2 aliphatic heterocycles. The van der Waals surface area contributed by atoms with Crippen molar-refractivity contribution in [3.8, 4) is 0 Å². The molecule has 0 saturated carbocycles. The van der Waals surface area contributed by atoms with Crippen molar-refractivity contribution >= 4 is 44.4 Å². The Bertz CT molecular complexity index is 949. The maximum absolute atomic E-state index is 12.9. The molecule has 31 heavy (non-hydrogen) atoms. The third kappa shape index (κ3) is 5.46. The third-order valence-electron chi connectivity index (χ3n) is 5.37. The Morgan fingerprint density at radius 1 is 1.23 bits per heavy atom. The third-order valence-corrected chi connectivity index (χ3v) is 6.45. The molecule has 1 aromatic carbocycles. The maximum Gasteiger partial charge on any atom is 0.410 e. The van der Waals surface area contributed by atoms with Crippen molar-refractivity contribution in [2.75, 3.05) is 49.6 Å². The molecule has 2 saturated heterocycles. The number of morpholine rings is 1. The second-order valence-corrected chi connectivity index (χ2v) is 10.0. The molecule has 0 aliphatic carbocycles. The molecule has 2 aliphatic rings. The first-order valence-corrected chi connectivity index (χ1v) is 11.6. The van der Waals surface area contributed by atoms with Crippen LogP contribution >= 0.6 is 11.3 Å². The number of piperidine rings is 1. The second kappa shape index (κ2) is 9.00. The van der Waals surface area contributed by atoms with Gasteiger partial charge in [-0.15, -0.1) is 0 Å². The van der Waals surface area contributed by atoms with Gasteiger partial charge < -0.3 is 24.6 Å². The number of carbonyl (C=O) groups is 2. The summed E-state index contributed by atoms with van der Waals surface area (Å²) in [5, 5.41) is 4.02. The number of nitrogens with one attached hydrogen (secondary N) is 1. The fourth-order valence-electron chi connectivity index (χ4n) is 3.81. The average Bonchev–Trinajstić information content (AvgIpc) is 3.17. The Balaban J connectivity index is 1.40. The molecule has 2 aromatic rings. The van der Waals surface area contributed by atoms with E-state index in [4.69, 9.17) is 14.5 Å². The van der Waals surface area contributed by atoms with Crippen LogP contribution in [-0.2, 0) is 14.3 Å². The Morgan fingerprint density at radius 2 is 2.00 bits per heavy atom. The fraction of sp³-hybridized carbons (Fsp3) is 0.591. The smallest absolute Gasteiger partial charge is 0.410 e. The van der Waals surface area contributed by atoms with Crippen LogP contribution in [0.5, 0.6) is 0 Å². The average molecular weight is 447 g/mol. The van der Waals surface area contributed by atoms with Gasteiger partial charge in [-0.1, -0.05) is 11.3 Å². The van der Waals surface area contributed by atoms with Gasteiger partial charge in [-0.25, -0.2) is 9.78 Å². The van der Waals surface area contributed by atoms with Crippen LogP contribution in [0.15, 0.2) is 18.2 Å². The number of ether oxygens (including phenoxy) is 2. The topological polar surface area (TPSA) is 84.0 Å². The minimum Gasteiger partial charge on any atom is -0.444 e.